The molecule has 2 aromatic carbocycles. The van der Waals surface area contributed by atoms with Crippen LogP contribution in [0, 0.1) is 13.8 Å². The van der Waals surface area contributed by atoms with Crippen LogP contribution in [0.2, 0.25) is 0 Å². The lowest BCUT2D eigenvalue weighted by atomic mass is 10.1. The fourth-order valence-electron chi connectivity index (χ4n) is 3.41. The van der Waals surface area contributed by atoms with Crippen molar-refractivity contribution in [1.29, 1.82) is 0 Å². The van der Waals surface area contributed by atoms with Crippen molar-refractivity contribution in [1.82, 2.24) is 0 Å². The Bertz CT molecular complexity index is 919. The molecule has 0 aliphatic heterocycles. The predicted molar refractivity (Wildman–Crippen MR) is 99.6 cm³/mol. The summed E-state index contributed by atoms with van der Waals surface area (Å²) in [4.78, 5) is 12.7. The number of hydrogen-bond donors (Lipinski definition) is 1. The van der Waals surface area contributed by atoms with Gasteiger partial charge in [-0.1, -0.05) is 47.5 Å². The SMILES string of the molecule is CCOC(=O)[C@@]1(N)[C@@H](c2ccc(C)cc2)[C@@H]1S(=O)(=O)c1ccc(C)cc1. The topological polar surface area (TPSA) is 86.5 Å². The number of carbonyl (C=O) groups is 1. The van der Waals surface area contributed by atoms with Crippen molar-refractivity contribution in [2.45, 2.75) is 42.4 Å². The quantitative estimate of drug-likeness (QED) is 0.814. The Balaban J connectivity index is 2.06. The number of carbonyl (C=O) groups excluding carboxylic acids is 1. The maximum Gasteiger partial charge on any atom is 0.328 e. The van der Waals surface area contributed by atoms with Crippen LogP contribution in [0.25, 0.3) is 0 Å². The maximum absolute atomic E-state index is 13.2. The van der Waals surface area contributed by atoms with Crippen LogP contribution in [0.1, 0.15) is 29.5 Å². The van der Waals surface area contributed by atoms with Gasteiger partial charge in [0.1, 0.15) is 10.8 Å². The second-order valence-electron chi connectivity index (χ2n) is 6.82. The van der Waals surface area contributed by atoms with Crippen LogP contribution in [0.4, 0.5) is 0 Å². The molecule has 1 fully saturated rings. The lowest BCUT2D eigenvalue weighted by Gasteiger charge is -2.11. The summed E-state index contributed by atoms with van der Waals surface area (Å²) in [6.07, 6.45) is 0. The van der Waals surface area contributed by atoms with E-state index in [1.165, 1.54) is 0 Å². The molecule has 1 saturated carbocycles. The van der Waals surface area contributed by atoms with E-state index in [4.69, 9.17) is 10.5 Å². The standard InChI is InChI=1S/C20H23NO4S/c1-4-25-19(22)20(21)17(15-9-5-13(2)6-10-15)18(20)26(23,24)16-11-7-14(3)8-12-16/h5-12,17-18H,4,21H2,1-3H3/t17-,18-,20+/m0/s1. The maximum atomic E-state index is 13.2. The highest BCUT2D eigenvalue weighted by Crippen LogP contribution is 2.56. The highest BCUT2D eigenvalue weighted by atomic mass is 32.2. The first kappa shape index (κ1) is 18.6. The summed E-state index contributed by atoms with van der Waals surface area (Å²) >= 11 is 0. The third-order valence-corrected chi connectivity index (χ3v) is 7.19. The van der Waals surface area contributed by atoms with E-state index in [1.807, 2.05) is 38.1 Å². The molecule has 2 N–H and O–H groups in total. The van der Waals surface area contributed by atoms with Gasteiger partial charge in [0.05, 0.1) is 11.5 Å². The van der Waals surface area contributed by atoms with Crippen LogP contribution in [0.3, 0.4) is 0 Å². The van der Waals surface area contributed by atoms with Gasteiger partial charge in [-0.15, -0.1) is 0 Å². The molecule has 0 heterocycles. The lowest BCUT2D eigenvalue weighted by Crippen LogP contribution is -2.41. The number of aryl methyl sites for hydroxylation is 2. The summed E-state index contributed by atoms with van der Waals surface area (Å²) in [5.41, 5.74) is 7.49. The molecule has 1 aliphatic carbocycles. The first-order valence-corrected chi connectivity index (χ1v) is 10.1. The van der Waals surface area contributed by atoms with Crippen LogP contribution in [-0.2, 0) is 19.4 Å². The molecule has 1 aliphatic rings. The molecule has 3 atom stereocenters. The van der Waals surface area contributed by atoms with Gasteiger partial charge in [-0.25, -0.2) is 13.2 Å². The summed E-state index contributed by atoms with van der Waals surface area (Å²) in [5.74, 6) is -1.31. The minimum atomic E-state index is -3.79. The average Bonchev–Trinajstić information content (AvgIpc) is 3.25. The molecule has 0 unspecified atom stereocenters. The van der Waals surface area contributed by atoms with Gasteiger partial charge >= 0.3 is 5.97 Å². The van der Waals surface area contributed by atoms with Gasteiger partial charge in [0.2, 0.25) is 0 Å². The predicted octanol–water partition coefficient (Wildman–Crippen LogP) is 2.50. The normalized spacial score (nSPS) is 24.9. The molecule has 0 saturated heterocycles. The second-order valence-corrected chi connectivity index (χ2v) is 8.89. The first-order valence-electron chi connectivity index (χ1n) is 8.56. The third kappa shape index (κ3) is 2.93. The summed E-state index contributed by atoms with van der Waals surface area (Å²) in [7, 11) is -3.79. The van der Waals surface area contributed by atoms with E-state index in [-0.39, 0.29) is 11.5 Å². The number of hydrogen-bond acceptors (Lipinski definition) is 5. The average molecular weight is 373 g/mol. The fourth-order valence-corrected chi connectivity index (χ4v) is 5.64. The lowest BCUT2D eigenvalue weighted by molar-refractivity contribution is -0.145. The third-order valence-electron chi connectivity index (χ3n) is 4.93. The van der Waals surface area contributed by atoms with E-state index < -0.39 is 32.5 Å². The Morgan fingerprint density at radius 3 is 2.04 bits per heavy atom. The first-order chi connectivity index (χ1) is 12.2. The summed E-state index contributed by atoms with van der Waals surface area (Å²) in [5, 5.41) is -1.04. The van der Waals surface area contributed by atoms with Gasteiger partial charge < -0.3 is 10.5 Å². The number of rotatable bonds is 5. The molecule has 0 spiro atoms. The van der Waals surface area contributed by atoms with Crippen molar-refractivity contribution in [3.8, 4) is 0 Å². The van der Waals surface area contributed by atoms with Crippen molar-refractivity contribution in [3.63, 3.8) is 0 Å². The smallest absolute Gasteiger partial charge is 0.328 e. The van der Waals surface area contributed by atoms with E-state index in [1.54, 1.807) is 31.2 Å². The van der Waals surface area contributed by atoms with Gasteiger partial charge in [0, 0.05) is 5.92 Å². The number of benzene rings is 2. The highest BCUT2D eigenvalue weighted by molar-refractivity contribution is 7.92. The second kappa shape index (κ2) is 6.52. The van der Waals surface area contributed by atoms with Crippen LogP contribution in [-0.4, -0.2) is 31.8 Å². The molecule has 2 aromatic rings. The van der Waals surface area contributed by atoms with Crippen molar-refractivity contribution >= 4 is 15.8 Å². The minimum Gasteiger partial charge on any atom is -0.465 e. The Kier molecular flexibility index (Phi) is 4.67. The molecule has 0 aromatic heterocycles. The zero-order chi connectivity index (χ0) is 19.1. The Hall–Kier alpha value is -2.18. The number of sulfone groups is 1. The molecule has 26 heavy (non-hydrogen) atoms. The largest absolute Gasteiger partial charge is 0.465 e. The fraction of sp³-hybridized carbons (Fsp3) is 0.350. The highest BCUT2D eigenvalue weighted by Gasteiger charge is 2.74. The van der Waals surface area contributed by atoms with E-state index in [2.05, 4.69) is 0 Å². The van der Waals surface area contributed by atoms with Crippen LogP contribution in [0.5, 0.6) is 0 Å². The number of esters is 1. The van der Waals surface area contributed by atoms with Gasteiger partial charge in [-0.3, -0.25) is 0 Å². The van der Waals surface area contributed by atoms with Gasteiger partial charge in [0.25, 0.3) is 0 Å². The van der Waals surface area contributed by atoms with E-state index >= 15 is 0 Å². The molecular weight excluding hydrogens is 350 g/mol. The van der Waals surface area contributed by atoms with Gasteiger partial charge in [-0.2, -0.15) is 0 Å². The van der Waals surface area contributed by atoms with Crippen LogP contribution < -0.4 is 5.73 Å². The number of nitrogens with two attached hydrogens (primary N) is 1. The number of ether oxygens (including phenoxy) is 1. The molecule has 3 rings (SSSR count). The summed E-state index contributed by atoms with van der Waals surface area (Å²) in [6.45, 7) is 5.65. The van der Waals surface area contributed by atoms with Crippen molar-refractivity contribution in [3.05, 3.63) is 65.2 Å². The summed E-state index contributed by atoms with van der Waals surface area (Å²) < 4.78 is 31.5. The monoisotopic (exact) mass is 373 g/mol. The summed E-state index contributed by atoms with van der Waals surface area (Å²) in [6, 6.07) is 14.0. The molecule has 0 amide bonds. The molecule has 5 nitrogen and oxygen atoms in total. The van der Waals surface area contributed by atoms with Crippen LogP contribution >= 0.6 is 0 Å². The zero-order valence-electron chi connectivity index (χ0n) is 15.1. The Labute approximate surface area is 154 Å². The molecule has 0 radical (unpaired) electrons. The van der Waals surface area contributed by atoms with E-state index in [0.29, 0.717) is 0 Å². The molecule has 0 bridgehead atoms. The Morgan fingerprint density at radius 1 is 1.04 bits per heavy atom. The van der Waals surface area contributed by atoms with Crippen molar-refractivity contribution in [2.24, 2.45) is 5.73 Å². The van der Waals surface area contributed by atoms with Crippen molar-refractivity contribution in [2.75, 3.05) is 6.61 Å². The van der Waals surface area contributed by atoms with Crippen molar-refractivity contribution < 1.29 is 17.9 Å². The minimum absolute atomic E-state index is 0.149. The van der Waals surface area contributed by atoms with E-state index in [0.717, 1.165) is 16.7 Å². The van der Waals surface area contributed by atoms with E-state index in [9.17, 15) is 13.2 Å². The van der Waals surface area contributed by atoms with Crippen LogP contribution in [0.15, 0.2) is 53.4 Å². The molecule has 138 valence electrons. The van der Waals surface area contributed by atoms with Gasteiger partial charge in [-0.05, 0) is 38.5 Å². The zero-order valence-corrected chi connectivity index (χ0v) is 15.9. The Morgan fingerprint density at radius 2 is 1.54 bits per heavy atom. The molecular formula is C20H23NO4S. The van der Waals surface area contributed by atoms with Gasteiger partial charge in [0.15, 0.2) is 9.84 Å². The molecule has 6 heteroatoms.